The van der Waals surface area contributed by atoms with Crippen molar-refractivity contribution in [2.24, 2.45) is 0 Å². The molecule has 48 heavy (non-hydrogen) atoms. The molecule has 3 atom stereocenters. The molecule has 0 aliphatic rings. The summed E-state index contributed by atoms with van der Waals surface area (Å²) in [6.45, 7) is 4.20. The largest absolute Gasteiger partial charge is 0.394 e. The predicted molar refractivity (Wildman–Crippen MR) is 208 cm³/mol. The van der Waals surface area contributed by atoms with E-state index in [0.29, 0.717) is 6.42 Å². The first-order valence-corrected chi connectivity index (χ1v) is 21.1. The zero-order valence-electron chi connectivity index (χ0n) is 32.1. The van der Waals surface area contributed by atoms with Gasteiger partial charge >= 0.3 is 0 Å². The van der Waals surface area contributed by atoms with Gasteiger partial charge in [0.1, 0.15) is 0 Å². The van der Waals surface area contributed by atoms with E-state index in [2.05, 4.69) is 31.3 Å². The highest BCUT2D eigenvalue weighted by molar-refractivity contribution is 5.76. The Morgan fingerprint density at radius 1 is 0.521 bits per heavy atom. The fourth-order valence-corrected chi connectivity index (χ4v) is 6.45. The fourth-order valence-electron chi connectivity index (χ4n) is 6.45. The van der Waals surface area contributed by atoms with Gasteiger partial charge in [-0.15, -0.1) is 0 Å². The lowest BCUT2D eigenvalue weighted by Gasteiger charge is -2.21. The number of aliphatic hydroxyl groups is 3. The second-order valence-electron chi connectivity index (χ2n) is 14.6. The summed E-state index contributed by atoms with van der Waals surface area (Å²) >= 11 is 0. The highest BCUT2D eigenvalue weighted by Gasteiger charge is 2.20. The van der Waals surface area contributed by atoms with Gasteiger partial charge in [-0.25, -0.2) is 0 Å². The van der Waals surface area contributed by atoms with Crippen molar-refractivity contribution in [1.82, 2.24) is 5.32 Å². The van der Waals surface area contributed by atoms with Gasteiger partial charge < -0.3 is 20.6 Å². The van der Waals surface area contributed by atoms with Crippen molar-refractivity contribution in [2.75, 3.05) is 6.61 Å². The Labute approximate surface area is 299 Å². The van der Waals surface area contributed by atoms with E-state index in [1.807, 2.05) is 6.08 Å². The van der Waals surface area contributed by atoms with E-state index in [9.17, 15) is 20.1 Å². The molecule has 5 nitrogen and oxygen atoms in total. The number of unbranched alkanes of at least 4 members (excludes halogenated alkanes) is 27. The summed E-state index contributed by atoms with van der Waals surface area (Å²) < 4.78 is 0. The minimum absolute atomic E-state index is 0.0109. The maximum atomic E-state index is 12.4. The Morgan fingerprint density at radius 2 is 0.875 bits per heavy atom. The molecule has 0 heterocycles. The normalized spacial score (nSPS) is 13.9. The van der Waals surface area contributed by atoms with Crippen molar-refractivity contribution in [1.29, 1.82) is 0 Å². The molecule has 0 radical (unpaired) electrons. The Morgan fingerprint density at radius 3 is 1.27 bits per heavy atom. The van der Waals surface area contributed by atoms with Crippen LogP contribution in [0.1, 0.15) is 219 Å². The summed E-state index contributed by atoms with van der Waals surface area (Å²) in [7, 11) is 0. The van der Waals surface area contributed by atoms with Gasteiger partial charge in [0, 0.05) is 0 Å². The van der Waals surface area contributed by atoms with Crippen LogP contribution in [-0.2, 0) is 4.79 Å². The molecule has 0 aromatic carbocycles. The monoisotopic (exact) mass is 678 g/mol. The summed E-state index contributed by atoms with van der Waals surface area (Å²) in [6.07, 6.45) is 46.1. The molecule has 0 aromatic heterocycles. The first-order chi connectivity index (χ1) is 23.5. The molecule has 0 aromatic rings. The molecular formula is C43H83NO4. The van der Waals surface area contributed by atoms with Gasteiger partial charge in [0.15, 0.2) is 0 Å². The molecule has 0 fully saturated rings. The van der Waals surface area contributed by atoms with Gasteiger partial charge in [-0.1, -0.05) is 192 Å². The molecule has 4 N–H and O–H groups in total. The van der Waals surface area contributed by atoms with Gasteiger partial charge in [0.2, 0.25) is 5.91 Å². The van der Waals surface area contributed by atoms with Crippen LogP contribution in [0.5, 0.6) is 0 Å². The van der Waals surface area contributed by atoms with E-state index in [0.717, 1.165) is 25.7 Å². The first kappa shape index (κ1) is 46.8. The Kier molecular flexibility index (Phi) is 37.7. The van der Waals surface area contributed by atoms with Crippen LogP contribution < -0.4 is 5.32 Å². The van der Waals surface area contributed by atoms with E-state index in [-0.39, 0.29) is 18.9 Å². The molecule has 0 aliphatic carbocycles. The topological polar surface area (TPSA) is 89.8 Å². The van der Waals surface area contributed by atoms with Gasteiger partial charge in [0.05, 0.1) is 31.3 Å². The van der Waals surface area contributed by atoms with Crippen molar-refractivity contribution >= 4 is 5.91 Å². The maximum absolute atomic E-state index is 12.4. The van der Waals surface area contributed by atoms with Crippen LogP contribution in [-0.4, -0.2) is 46.1 Å². The van der Waals surface area contributed by atoms with Crippen LogP contribution in [0.2, 0.25) is 0 Å². The zero-order chi connectivity index (χ0) is 35.2. The number of nitrogens with one attached hydrogen (secondary N) is 1. The van der Waals surface area contributed by atoms with Crippen LogP contribution >= 0.6 is 0 Å². The number of carbonyl (C=O) groups is 1. The molecule has 0 rings (SSSR count). The summed E-state index contributed by atoms with van der Waals surface area (Å²) in [5, 5.41) is 33.1. The van der Waals surface area contributed by atoms with Crippen LogP contribution in [0, 0.1) is 0 Å². The maximum Gasteiger partial charge on any atom is 0.222 e. The Bertz CT molecular complexity index is 709. The minimum atomic E-state index is -0.927. The third kappa shape index (κ3) is 34.7. The van der Waals surface area contributed by atoms with E-state index < -0.39 is 18.2 Å². The highest BCUT2D eigenvalue weighted by atomic mass is 16.3. The number of hydrogen-bond acceptors (Lipinski definition) is 4. The second-order valence-corrected chi connectivity index (χ2v) is 14.6. The van der Waals surface area contributed by atoms with Crippen LogP contribution in [0.3, 0.4) is 0 Å². The summed E-state index contributed by atoms with van der Waals surface area (Å²) in [5.41, 5.74) is 0. The lowest BCUT2D eigenvalue weighted by Crippen LogP contribution is -2.45. The van der Waals surface area contributed by atoms with Crippen LogP contribution in [0.25, 0.3) is 0 Å². The summed E-state index contributed by atoms with van der Waals surface area (Å²) in [5.74, 6) is -0.320. The second kappa shape index (κ2) is 38.6. The average Bonchev–Trinajstić information content (AvgIpc) is 3.08. The number of aliphatic hydroxyl groups excluding tert-OH is 3. The molecule has 0 saturated heterocycles. The molecule has 1 amide bonds. The Hall–Kier alpha value is -1.17. The predicted octanol–water partition coefficient (Wildman–Crippen LogP) is 11.8. The van der Waals surface area contributed by atoms with Crippen LogP contribution in [0.15, 0.2) is 24.3 Å². The molecule has 3 unspecified atom stereocenters. The molecule has 5 heteroatoms. The van der Waals surface area contributed by atoms with E-state index in [1.165, 1.54) is 167 Å². The van der Waals surface area contributed by atoms with Gasteiger partial charge in [-0.05, 0) is 44.9 Å². The van der Waals surface area contributed by atoms with E-state index >= 15 is 0 Å². The highest BCUT2D eigenvalue weighted by Crippen LogP contribution is 2.15. The standard InChI is InChI=1S/C43H83NO4/c1-3-5-7-9-11-13-15-16-17-18-19-20-21-22-23-24-25-27-28-30-32-34-36-40(46)38-43(48)44-41(39-45)42(47)37-35-33-31-29-26-14-12-10-8-6-4-2/h22-23,35,37,40-42,45-47H,3-21,24-34,36,38-39H2,1-2H3,(H,44,48)/b23-22-,37-35+. The summed E-state index contributed by atoms with van der Waals surface area (Å²) in [4.78, 5) is 12.4. The number of hydrogen-bond donors (Lipinski definition) is 4. The van der Waals surface area contributed by atoms with E-state index in [1.54, 1.807) is 6.08 Å². The lowest BCUT2D eigenvalue weighted by atomic mass is 10.0. The van der Waals surface area contributed by atoms with Crippen molar-refractivity contribution in [2.45, 2.75) is 238 Å². The summed E-state index contributed by atoms with van der Waals surface area (Å²) in [6, 6.07) is -0.742. The van der Waals surface area contributed by atoms with Crippen molar-refractivity contribution < 1.29 is 20.1 Å². The zero-order valence-corrected chi connectivity index (χ0v) is 32.1. The van der Waals surface area contributed by atoms with Crippen molar-refractivity contribution in [3.8, 4) is 0 Å². The van der Waals surface area contributed by atoms with Gasteiger partial charge in [-0.3, -0.25) is 4.79 Å². The smallest absolute Gasteiger partial charge is 0.222 e. The minimum Gasteiger partial charge on any atom is -0.394 e. The third-order valence-electron chi connectivity index (χ3n) is 9.73. The molecule has 0 bridgehead atoms. The molecule has 284 valence electrons. The number of rotatable bonds is 38. The average molecular weight is 678 g/mol. The van der Waals surface area contributed by atoms with Crippen molar-refractivity contribution in [3.63, 3.8) is 0 Å². The lowest BCUT2D eigenvalue weighted by molar-refractivity contribution is -0.124. The fraction of sp³-hybridized carbons (Fsp3) is 0.884. The quantitative estimate of drug-likeness (QED) is 0.0387. The Balaban J connectivity index is 3.63. The van der Waals surface area contributed by atoms with Crippen molar-refractivity contribution in [3.05, 3.63) is 24.3 Å². The SMILES string of the molecule is CCCCCCCCCCC/C=C/C(O)C(CO)NC(=O)CC(O)CCCCCCCC/C=C\CCCCCCCCCCCCCC. The number of carbonyl (C=O) groups excluding carboxylic acids is 1. The first-order valence-electron chi connectivity index (χ1n) is 21.1. The van der Waals surface area contributed by atoms with Gasteiger partial charge in [-0.2, -0.15) is 0 Å². The number of amides is 1. The molecule has 0 aliphatic heterocycles. The third-order valence-corrected chi connectivity index (χ3v) is 9.73. The molecule has 0 saturated carbocycles. The van der Waals surface area contributed by atoms with Crippen LogP contribution in [0.4, 0.5) is 0 Å². The molecule has 0 spiro atoms. The number of allylic oxidation sites excluding steroid dienone is 3. The van der Waals surface area contributed by atoms with E-state index in [4.69, 9.17) is 0 Å². The van der Waals surface area contributed by atoms with Gasteiger partial charge in [0.25, 0.3) is 0 Å². The molecular weight excluding hydrogens is 594 g/mol.